The molecule has 1 aliphatic carbocycles. The molecule has 1 amide bonds. The van der Waals surface area contributed by atoms with Crippen LogP contribution >= 0.6 is 0 Å². The highest BCUT2D eigenvalue weighted by molar-refractivity contribution is 6.28. The average molecular weight is 335 g/mol. The third kappa shape index (κ3) is 3.01. The zero-order valence-electron chi connectivity index (χ0n) is 13.5. The number of ether oxygens (including phenoxy) is 1. The zero-order valence-corrected chi connectivity index (χ0v) is 13.5. The Hall–Kier alpha value is -3.08. The van der Waals surface area contributed by atoms with Crippen LogP contribution in [-0.4, -0.2) is 34.3 Å². The third-order valence-corrected chi connectivity index (χ3v) is 4.38. The van der Waals surface area contributed by atoms with Gasteiger partial charge >= 0.3 is 0 Å². The highest BCUT2D eigenvalue weighted by Gasteiger charge is 2.43. The standard InChI is InChI=1S/C20H17NO4/c22-17-12-21(14-9-10-14)20(24)18(17)19(23)13-5-4-8-16(11-13)25-15-6-2-1-3-7-15/h1-8,11,14,23H,9-10,12H2/b19-18-. The maximum Gasteiger partial charge on any atom is 0.262 e. The van der Waals surface area contributed by atoms with Gasteiger partial charge < -0.3 is 14.7 Å². The van der Waals surface area contributed by atoms with Gasteiger partial charge in [-0.25, -0.2) is 0 Å². The van der Waals surface area contributed by atoms with Crippen LogP contribution in [0.25, 0.3) is 5.76 Å². The number of aliphatic hydroxyl groups is 1. The van der Waals surface area contributed by atoms with Crippen molar-refractivity contribution in [2.75, 3.05) is 6.54 Å². The molecule has 2 aromatic carbocycles. The minimum Gasteiger partial charge on any atom is -0.506 e. The second kappa shape index (κ2) is 6.09. The normalized spacial score (nSPS) is 19.3. The molecule has 2 aliphatic rings. The molecule has 1 N–H and O–H groups in total. The Bertz CT molecular complexity index is 868. The molecule has 2 aromatic rings. The Morgan fingerprint density at radius 2 is 1.72 bits per heavy atom. The molecule has 1 saturated carbocycles. The second-order valence-electron chi connectivity index (χ2n) is 6.25. The van der Waals surface area contributed by atoms with Crippen LogP contribution in [0.3, 0.4) is 0 Å². The summed E-state index contributed by atoms with van der Waals surface area (Å²) in [6, 6.07) is 16.1. The molecule has 1 heterocycles. The van der Waals surface area contributed by atoms with Gasteiger partial charge in [-0.1, -0.05) is 30.3 Å². The van der Waals surface area contributed by atoms with Crippen molar-refractivity contribution < 1.29 is 19.4 Å². The van der Waals surface area contributed by atoms with Crippen molar-refractivity contribution in [2.45, 2.75) is 18.9 Å². The summed E-state index contributed by atoms with van der Waals surface area (Å²) in [5.74, 6) is 0.201. The molecule has 0 radical (unpaired) electrons. The number of rotatable bonds is 4. The van der Waals surface area contributed by atoms with Gasteiger partial charge in [0.1, 0.15) is 22.8 Å². The molecule has 2 fully saturated rings. The number of benzene rings is 2. The van der Waals surface area contributed by atoms with Gasteiger partial charge in [0, 0.05) is 11.6 Å². The van der Waals surface area contributed by atoms with E-state index in [0.29, 0.717) is 17.1 Å². The van der Waals surface area contributed by atoms with Gasteiger partial charge in [0.25, 0.3) is 5.91 Å². The summed E-state index contributed by atoms with van der Waals surface area (Å²) in [6.07, 6.45) is 1.85. The van der Waals surface area contributed by atoms with Gasteiger partial charge in [0.15, 0.2) is 5.78 Å². The van der Waals surface area contributed by atoms with Gasteiger partial charge in [-0.3, -0.25) is 9.59 Å². The number of Topliss-reactive ketones (excluding diaryl/α,β-unsaturated/α-hetero) is 1. The highest BCUT2D eigenvalue weighted by atomic mass is 16.5. The fourth-order valence-corrected chi connectivity index (χ4v) is 2.96. The van der Waals surface area contributed by atoms with Crippen molar-refractivity contribution in [1.29, 1.82) is 0 Å². The molecule has 25 heavy (non-hydrogen) atoms. The zero-order chi connectivity index (χ0) is 17.4. The number of hydrogen-bond donors (Lipinski definition) is 1. The number of carbonyl (C=O) groups is 2. The summed E-state index contributed by atoms with van der Waals surface area (Å²) in [6.45, 7) is 0.0586. The maximum absolute atomic E-state index is 12.4. The molecular formula is C20H17NO4. The van der Waals surface area contributed by atoms with Crippen LogP contribution in [0.2, 0.25) is 0 Å². The number of aliphatic hydroxyl groups excluding tert-OH is 1. The quantitative estimate of drug-likeness (QED) is 0.529. The SMILES string of the molecule is O=C1CN(C2CC2)C(=O)/C1=C(\O)c1cccc(Oc2ccccc2)c1. The van der Waals surface area contributed by atoms with Crippen molar-refractivity contribution in [3.63, 3.8) is 0 Å². The maximum atomic E-state index is 12.4. The van der Waals surface area contributed by atoms with Crippen molar-refractivity contribution in [3.05, 3.63) is 65.7 Å². The number of likely N-dealkylation sites (tertiary alicyclic amines) is 1. The van der Waals surface area contributed by atoms with E-state index in [4.69, 9.17) is 4.74 Å². The van der Waals surface area contributed by atoms with Gasteiger partial charge in [0.05, 0.1) is 6.54 Å². The molecule has 5 heteroatoms. The molecule has 4 rings (SSSR count). The van der Waals surface area contributed by atoms with Crippen LogP contribution in [0.4, 0.5) is 0 Å². The van der Waals surface area contributed by atoms with E-state index in [1.165, 1.54) is 0 Å². The number of para-hydroxylation sites is 1. The first-order valence-electron chi connectivity index (χ1n) is 8.24. The lowest BCUT2D eigenvalue weighted by Gasteiger charge is -2.12. The smallest absolute Gasteiger partial charge is 0.262 e. The van der Waals surface area contributed by atoms with Crippen LogP contribution in [0.1, 0.15) is 18.4 Å². The number of ketones is 1. The first kappa shape index (κ1) is 15.4. The Labute approximate surface area is 145 Å². The minimum absolute atomic E-state index is 0.0586. The van der Waals surface area contributed by atoms with Gasteiger partial charge in [-0.05, 0) is 37.1 Å². The molecule has 0 spiro atoms. The Morgan fingerprint density at radius 1 is 1.00 bits per heavy atom. The van der Waals surface area contributed by atoms with Crippen LogP contribution < -0.4 is 4.74 Å². The Morgan fingerprint density at radius 3 is 2.44 bits per heavy atom. The van der Waals surface area contributed by atoms with Crippen molar-refractivity contribution in [1.82, 2.24) is 4.90 Å². The molecule has 1 saturated heterocycles. The topological polar surface area (TPSA) is 66.8 Å². The monoisotopic (exact) mass is 335 g/mol. The third-order valence-electron chi connectivity index (χ3n) is 4.38. The lowest BCUT2D eigenvalue weighted by molar-refractivity contribution is -0.125. The summed E-state index contributed by atoms with van der Waals surface area (Å²) in [5.41, 5.74) is 0.270. The number of nitrogens with zero attached hydrogens (tertiary/aromatic N) is 1. The molecular weight excluding hydrogens is 318 g/mol. The molecule has 126 valence electrons. The molecule has 0 atom stereocenters. The summed E-state index contributed by atoms with van der Waals surface area (Å²) in [5, 5.41) is 10.5. The van der Waals surface area contributed by atoms with E-state index in [1.807, 2.05) is 30.3 Å². The van der Waals surface area contributed by atoms with Gasteiger partial charge in [-0.15, -0.1) is 0 Å². The van der Waals surface area contributed by atoms with E-state index in [-0.39, 0.29) is 35.6 Å². The van der Waals surface area contributed by atoms with Crippen LogP contribution in [0.15, 0.2) is 60.2 Å². The van der Waals surface area contributed by atoms with E-state index in [1.54, 1.807) is 29.2 Å². The fourth-order valence-electron chi connectivity index (χ4n) is 2.96. The van der Waals surface area contributed by atoms with Crippen LogP contribution in [0, 0.1) is 0 Å². The summed E-state index contributed by atoms with van der Waals surface area (Å²) in [7, 11) is 0. The van der Waals surface area contributed by atoms with E-state index >= 15 is 0 Å². The average Bonchev–Trinajstić information content (AvgIpc) is 3.41. The van der Waals surface area contributed by atoms with Gasteiger partial charge in [-0.2, -0.15) is 0 Å². The predicted octanol–water partition coefficient (Wildman–Crippen LogP) is 3.32. The Kier molecular flexibility index (Phi) is 3.76. The van der Waals surface area contributed by atoms with Crippen molar-refractivity contribution >= 4 is 17.4 Å². The fraction of sp³-hybridized carbons (Fsp3) is 0.200. The van der Waals surface area contributed by atoms with E-state index < -0.39 is 0 Å². The predicted molar refractivity (Wildman–Crippen MR) is 92.2 cm³/mol. The highest BCUT2D eigenvalue weighted by Crippen LogP contribution is 2.34. The second-order valence-corrected chi connectivity index (χ2v) is 6.25. The van der Waals surface area contributed by atoms with E-state index in [0.717, 1.165) is 12.8 Å². The van der Waals surface area contributed by atoms with Crippen molar-refractivity contribution in [2.24, 2.45) is 0 Å². The number of hydrogen-bond acceptors (Lipinski definition) is 4. The molecule has 1 aliphatic heterocycles. The summed E-state index contributed by atoms with van der Waals surface area (Å²) in [4.78, 5) is 26.2. The number of carbonyl (C=O) groups excluding carboxylic acids is 2. The number of amides is 1. The summed E-state index contributed by atoms with van der Waals surface area (Å²) < 4.78 is 5.74. The Balaban J connectivity index is 1.64. The van der Waals surface area contributed by atoms with Crippen molar-refractivity contribution in [3.8, 4) is 11.5 Å². The molecule has 0 unspecified atom stereocenters. The molecule has 5 nitrogen and oxygen atoms in total. The first-order chi connectivity index (χ1) is 12.1. The van der Waals surface area contributed by atoms with Crippen LogP contribution in [-0.2, 0) is 9.59 Å². The minimum atomic E-state index is -0.376. The molecule has 0 aromatic heterocycles. The van der Waals surface area contributed by atoms with Gasteiger partial charge in [0.2, 0.25) is 0 Å². The lowest BCUT2D eigenvalue weighted by atomic mass is 10.1. The lowest BCUT2D eigenvalue weighted by Crippen LogP contribution is -2.27. The first-order valence-corrected chi connectivity index (χ1v) is 8.24. The van der Waals surface area contributed by atoms with E-state index in [9.17, 15) is 14.7 Å². The van der Waals surface area contributed by atoms with Crippen LogP contribution in [0.5, 0.6) is 11.5 Å². The summed E-state index contributed by atoms with van der Waals surface area (Å²) >= 11 is 0. The largest absolute Gasteiger partial charge is 0.506 e. The molecule has 0 bridgehead atoms. The van der Waals surface area contributed by atoms with E-state index in [2.05, 4.69) is 0 Å².